The summed E-state index contributed by atoms with van der Waals surface area (Å²) in [6.07, 6.45) is 2.32. The Kier molecular flexibility index (Phi) is 4.08. The summed E-state index contributed by atoms with van der Waals surface area (Å²) in [5.41, 5.74) is 2.77. The molecule has 0 aliphatic rings. The minimum absolute atomic E-state index is 0.414. The highest BCUT2D eigenvalue weighted by atomic mass is 16.5. The lowest BCUT2D eigenvalue weighted by Crippen LogP contribution is -2.13. The van der Waals surface area contributed by atoms with Crippen molar-refractivity contribution in [2.75, 3.05) is 7.11 Å². The molecule has 0 fully saturated rings. The Morgan fingerprint density at radius 2 is 2.05 bits per heavy atom. The second-order valence-corrected chi connectivity index (χ2v) is 4.84. The zero-order valence-corrected chi connectivity index (χ0v) is 11.8. The van der Waals surface area contributed by atoms with E-state index in [1.807, 2.05) is 37.5 Å². The van der Waals surface area contributed by atoms with Crippen molar-refractivity contribution in [3.8, 4) is 16.9 Å². The fourth-order valence-corrected chi connectivity index (χ4v) is 2.07. The van der Waals surface area contributed by atoms with Gasteiger partial charge >= 0.3 is 5.97 Å². The summed E-state index contributed by atoms with van der Waals surface area (Å²) in [5, 5.41) is 13.4. The van der Waals surface area contributed by atoms with Crippen LogP contribution in [0.1, 0.15) is 12.6 Å². The van der Waals surface area contributed by atoms with Gasteiger partial charge in [-0.25, -0.2) is 0 Å². The monoisotopic (exact) mass is 274 g/mol. The molecule has 1 heterocycles. The summed E-state index contributed by atoms with van der Waals surface area (Å²) < 4.78 is 6.85. The number of benzene rings is 1. The third-order valence-corrected chi connectivity index (χ3v) is 3.23. The second kappa shape index (κ2) is 5.77. The van der Waals surface area contributed by atoms with E-state index >= 15 is 0 Å². The van der Waals surface area contributed by atoms with Gasteiger partial charge in [0, 0.05) is 25.2 Å². The number of hydrogen-bond acceptors (Lipinski definition) is 3. The van der Waals surface area contributed by atoms with Crippen LogP contribution in [-0.4, -0.2) is 28.0 Å². The standard InChI is InChI=1S/C15H18N2O3/c1-10(15(18)19)8-14-13(9-17(2)16-14)11-4-6-12(20-3)7-5-11/h4-7,9-10H,8H2,1-3H3,(H,18,19). The average Bonchev–Trinajstić information content (AvgIpc) is 2.79. The number of aliphatic carboxylic acids is 1. The van der Waals surface area contributed by atoms with Gasteiger partial charge in [0.05, 0.1) is 18.7 Å². The van der Waals surface area contributed by atoms with Crippen LogP contribution in [0, 0.1) is 5.92 Å². The number of aromatic nitrogens is 2. The summed E-state index contributed by atoms with van der Waals surface area (Å²) in [5.74, 6) is -0.476. The number of carbonyl (C=O) groups is 1. The molecule has 0 radical (unpaired) electrons. The van der Waals surface area contributed by atoms with Gasteiger partial charge in [0.15, 0.2) is 0 Å². The number of rotatable bonds is 5. The van der Waals surface area contributed by atoms with Gasteiger partial charge in [0.1, 0.15) is 5.75 Å². The number of ether oxygens (including phenoxy) is 1. The van der Waals surface area contributed by atoms with Crippen LogP contribution < -0.4 is 4.74 Å². The van der Waals surface area contributed by atoms with E-state index in [-0.39, 0.29) is 0 Å². The lowest BCUT2D eigenvalue weighted by atomic mass is 9.99. The van der Waals surface area contributed by atoms with Crippen molar-refractivity contribution in [1.29, 1.82) is 0 Å². The molecule has 1 aromatic carbocycles. The number of hydrogen-bond donors (Lipinski definition) is 1. The molecule has 0 spiro atoms. The largest absolute Gasteiger partial charge is 0.497 e. The lowest BCUT2D eigenvalue weighted by Gasteiger charge is -2.07. The van der Waals surface area contributed by atoms with Gasteiger partial charge in [-0.3, -0.25) is 9.48 Å². The summed E-state index contributed by atoms with van der Waals surface area (Å²) in [6.45, 7) is 1.69. The van der Waals surface area contributed by atoms with Gasteiger partial charge in [0.25, 0.3) is 0 Å². The van der Waals surface area contributed by atoms with E-state index in [1.54, 1.807) is 18.7 Å². The van der Waals surface area contributed by atoms with E-state index in [2.05, 4.69) is 5.10 Å². The van der Waals surface area contributed by atoms with Gasteiger partial charge in [-0.2, -0.15) is 5.10 Å². The zero-order valence-electron chi connectivity index (χ0n) is 11.8. The molecule has 0 amide bonds. The predicted molar refractivity (Wildman–Crippen MR) is 75.7 cm³/mol. The van der Waals surface area contributed by atoms with Crippen molar-refractivity contribution in [2.45, 2.75) is 13.3 Å². The molecular formula is C15H18N2O3. The lowest BCUT2D eigenvalue weighted by molar-refractivity contribution is -0.141. The molecule has 0 saturated heterocycles. The molecular weight excluding hydrogens is 256 g/mol. The first kappa shape index (κ1) is 14.1. The maximum atomic E-state index is 11.0. The normalized spacial score (nSPS) is 12.2. The van der Waals surface area contributed by atoms with Crippen LogP contribution in [0.5, 0.6) is 5.75 Å². The highest BCUT2D eigenvalue weighted by Crippen LogP contribution is 2.26. The number of carboxylic acids is 1. The van der Waals surface area contributed by atoms with Gasteiger partial charge in [-0.1, -0.05) is 19.1 Å². The fourth-order valence-electron chi connectivity index (χ4n) is 2.07. The molecule has 1 atom stereocenters. The molecule has 5 nitrogen and oxygen atoms in total. The van der Waals surface area contributed by atoms with Crippen LogP contribution in [0.3, 0.4) is 0 Å². The van der Waals surface area contributed by atoms with Gasteiger partial charge in [-0.15, -0.1) is 0 Å². The first-order valence-corrected chi connectivity index (χ1v) is 6.41. The average molecular weight is 274 g/mol. The summed E-state index contributed by atoms with van der Waals surface area (Å²) >= 11 is 0. The molecule has 0 saturated carbocycles. The highest BCUT2D eigenvalue weighted by molar-refractivity contribution is 5.71. The Bertz CT molecular complexity index is 602. The molecule has 5 heteroatoms. The number of nitrogens with zero attached hydrogens (tertiary/aromatic N) is 2. The Morgan fingerprint density at radius 1 is 1.40 bits per heavy atom. The minimum atomic E-state index is -0.809. The summed E-state index contributed by atoms with van der Waals surface area (Å²) in [7, 11) is 3.46. The summed E-state index contributed by atoms with van der Waals surface area (Å²) in [6, 6.07) is 7.66. The highest BCUT2D eigenvalue weighted by Gasteiger charge is 2.17. The molecule has 1 unspecified atom stereocenters. The van der Waals surface area contributed by atoms with Crippen LogP contribution in [0.15, 0.2) is 30.5 Å². The molecule has 0 aliphatic carbocycles. The smallest absolute Gasteiger partial charge is 0.306 e. The number of aryl methyl sites for hydroxylation is 1. The minimum Gasteiger partial charge on any atom is -0.497 e. The van der Waals surface area contributed by atoms with Crippen LogP contribution in [0.4, 0.5) is 0 Å². The van der Waals surface area contributed by atoms with E-state index < -0.39 is 11.9 Å². The van der Waals surface area contributed by atoms with E-state index in [4.69, 9.17) is 9.84 Å². The SMILES string of the molecule is COc1ccc(-c2cn(C)nc2CC(C)C(=O)O)cc1. The fraction of sp³-hybridized carbons (Fsp3) is 0.333. The molecule has 20 heavy (non-hydrogen) atoms. The topological polar surface area (TPSA) is 64.4 Å². The second-order valence-electron chi connectivity index (χ2n) is 4.84. The quantitative estimate of drug-likeness (QED) is 0.909. The van der Waals surface area contributed by atoms with Gasteiger partial charge in [-0.05, 0) is 17.7 Å². The van der Waals surface area contributed by atoms with Crippen molar-refractivity contribution in [1.82, 2.24) is 9.78 Å². The van der Waals surface area contributed by atoms with Crippen LogP contribution in [0.2, 0.25) is 0 Å². The van der Waals surface area contributed by atoms with Crippen molar-refractivity contribution in [3.63, 3.8) is 0 Å². The van der Waals surface area contributed by atoms with Crippen molar-refractivity contribution in [3.05, 3.63) is 36.2 Å². The van der Waals surface area contributed by atoms with Crippen molar-refractivity contribution < 1.29 is 14.6 Å². The molecule has 2 rings (SSSR count). The molecule has 1 N–H and O–H groups in total. The Hall–Kier alpha value is -2.30. The Morgan fingerprint density at radius 3 is 2.60 bits per heavy atom. The van der Waals surface area contributed by atoms with E-state index in [1.165, 1.54) is 0 Å². The van der Waals surface area contributed by atoms with Gasteiger partial charge in [0.2, 0.25) is 0 Å². The number of carboxylic acid groups (broad SMARTS) is 1. The van der Waals surface area contributed by atoms with E-state index in [9.17, 15) is 4.79 Å². The predicted octanol–water partition coefficient (Wildman–Crippen LogP) is 2.36. The summed E-state index contributed by atoms with van der Waals surface area (Å²) in [4.78, 5) is 11.0. The van der Waals surface area contributed by atoms with Crippen LogP contribution in [0.25, 0.3) is 11.1 Å². The Labute approximate surface area is 117 Å². The van der Waals surface area contributed by atoms with E-state index in [0.29, 0.717) is 6.42 Å². The molecule has 0 bridgehead atoms. The maximum Gasteiger partial charge on any atom is 0.306 e. The molecule has 1 aromatic heterocycles. The third kappa shape index (κ3) is 2.99. The Balaban J connectivity index is 2.33. The van der Waals surface area contributed by atoms with Crippen LogP contribution in [-0.2, 0) is 18.3 Å². The number of methoxy groups -OCH3 is 1. The molecule has 2 aromatic rings. The zero-order chi connectivity index (χ0) is 14.7. The first-order valence-electron chi connectivity index (χ1n) is 6.41. The van der Waals surface area contributed by atoms with Crippen LogP contribution >= 0.6 is 0 Å². The van der Waals surface area contributed by atoms with Gasteiger partial charge < -0.3 is 9.84 Å². The first-order chi connectivity index (χ1) is 9.51. The molecule has 106 valence electrons. The van der Waals surface area contributed by atoms with E-state index in [0.717, 1.165) is 22.6 Å². The third-order valence-electron chi connectivity index (χ3n) is 3.23. The van der Waals surface area contributed by atoms with Crippen molar-refractivity contribution in [2.24, 2.45) is 13.0 Å². The maximum absolute atomic E-state index is 11.0. The van der Waals surface area contributed by atoms with Crippen molar-refractivity contribution >= 4 is 5.97 Å². The molecule has 0 aliphatic heterocycles.